The van der Waals surface area contributed by atoms with Crippen LogP contribution in [0.5, 0.6) is 0 Å². The minimum Gasteiger partial charge on any atom is -0.362 e. The summed E-state index contributed by atoms with van der Waals surface area (Å²) in [5, 5.41) is 9.48. The second-order valence-corrected chi connectivity index (χ2v) is 6.78. The molecule has 6 heteroatoms. The second kappa shape index (κ2) is 5.40. The summed E-state index contributed by atoms with van der Waals surface area (Å²) in [4.78, 5) is 11.7. The van der Waals surface area contributed by atoms with Crippen molar-refractivity contribution in [2.75, 3.05) is 11.9 Å². The first-order valence-corrected chi connectivity index (χ1v) is 8.56. The van der Waals surface area contributed by atoms with Gasteiger partial charge in [0.25, 0.3) is 0 Å². The van der Waals surface area contributed by atoms with E-state index in [4.69, 9.17) is 0 Å². The van der Waals surface area contributed by atoms with Crippen LogP contribution >= 0.6 is 34.0 Å². The first kappa shape index (κ1) is 12.8. The lowest BCUT2D eigenvalue weighted by Gasteiger charge is -1.94. The van der Waals surface area contributed by atoms with Gasteiger partial charge >= 0.3 is 0 Å². The molecule has 3 nitrogen and oxygen atoms in total. The van der Waals surface area contributed by atoms with Crippen molar-refractivity contribution < 1.29 is 0 Å². The molecule has 0 aromatic carbocycles. The standard InChI is InChI=1S/C13H13N3S3/c1-3-14-13-16-9(7-18-13)11-8(2)15-12(19-11)10-5-4-6-17-10/h4-7H,3H2,1-2H3,(H,14,16). The maximum absolute atomic E-state index is 4.66. The molecular weight excluding hydrogens is 294 g/mol. The summed E-state index contributed by atoms with van der Waals surface area (Å²) in [6.45, 7) is 5.03. The minimum absolute atomic E-state index is 0.898. The first-order chi connectivity index (χ1) is 9.28. The number of nitrogens with zero attached hydrogens (tertiary/aromatic N) is 2. The van der Waals surface area contributed by atoms with Gasteiger partial charge in [-0.15, -0.1) is 34.0 Å². The minimum atomic E-state index is 0.898. The third-order valence-corrected chi connectivity index (χ3v) is 5.61. The molecule has 0 amide bonds. The van der Waals surface area contributed by atoms with Gasteiger partial charge in [-0.25, -0.2) is 9.97 Å². The van der Waals surface area contributed by atoms with Gasteiger partial charge in [0.1, 0.15) is 5.01 Å². The number of rotatable bonds is 4. The Kier molecular flexibility index (Phi) is 3.63. The maximum atomic E-state index is 4.66. The van der Waals surface area contributed by atoms with Crippen LogP contribution in [0, 0.1) is 6.92 Å². The Morgan fingerprint density at radius 2 is 2.16 bits per heavy atom. The number of aromatic nitrogens is 2. The van der Waals surface area contributed by atoms with Gasteiger partial charge in [-0.05, 0) is 25.3 Å². The van der Waals surface area contributed by atoms with E-state index in [1.54, 1.807) is 34.0 Å². The average Bonchev–Trinajstić information content (AvgIpc) is 3.08. The van der Waals surface area contributed by atoms with E-state index in [-0.39, 0.29) is 0 Å². The Morgan fingerprint density at radius 3 is 2.89 bits per heavy atom. The number of aryl methyl sites for hydroxylation is 1. The molecule has 0 radical (unpaired) electrons. The predicted molar refractivity (Wildman–Crippen MR) is 85.4 cm³/mol. The number of thiophene rings is 1. The fourth-order valence-corrected chi connectivity index (χ4v) is 4.42. The molecule has 0 saturated heterocycles. The zero-order chi connectivity index (χ0) is 13.2. The van der Waals surface area contributed by atoms with Crippen LogP contribution in [-0.2, 0) is 0 Å². The number of nitrogens with one attached hydrogen (secondary N) is 1. The summed E-state index contributed by atoms with van der Waals surface area (Å²) < 4.78 is 0. The highest BCUT2D eigenvalue weighted by atomic mass is 32.1. The summed E-state index contributed by atoms with van der Waals surface area (Å²) >= 11 is 5.09. The van der Waals surface area contributed by atoms with E-state index in [2.05, 4.69) is 52.0 Å². The van der Waals surface area contributed by atoms with E-state index in [1.807, 2.05) is 0 Å². The molecule has 0 fully saturated rings. The van der Waals surface area contributed by atoms with Crippen molar-refractivity contribution in [3.8, 4) is 20.5 Å². The monoisotopic (exact) mass is 307 g/mol. The first-order valence-electron chi connectivity index (χ1n) is 5.99. The number of thiazole rings is 2. The van der Waals surface area contributed by atoms with Crippen LogP contribution in [0.25, 0.3) is 20.5 Å². The Bertz CT molecular complexity index is 667. The lowest BCUT2D eigenvalue weighted by Crippen LogP contribution is -1.94. The molecule has 0 unspecified atom stereocenters. The molecule has 0 spiro atoms. The van der Waals surface area contributed by atoms with Crippen LogP contribution < -0.4 is 5.32 Å². The van der Waals surface area contributed by atoms with E-state index in [1.165, 1.54) is 9.75 Å². The van der Waals surface area contributed by atoms with Gasteiger partial charge in [-0.2, -0.15) is 0 Å². The fourth-order valence-electron chi connectivity index (χ4n) is 1.75. The van der Waals surface area contributed by atoms with Gasteiger partial charge in [-0.3, -0.25) is 0 Å². The molecule has 3 heterocycles. The SMILES string of the molecule is CCNc1nc(-c2sc(-c3cccs3)nc2C)cs1. The van der Waals surface area contributed by atoms with Crippen molar-refractivity contribution >= 4 is 39.1 Å². The molecule has 3 aromatic rings. The molecule has 0 bridgehead atoms. The van der Waals surface area contributed by atoms with Crippen molar-refractivity contribution in [1.29, 1.82) is 0 Å². The average molecular weight is 307 g/mol. The Hall–Kier alpha value is -1.24. The Labute approximate surface area is 124 Å². The highest BCUT2D eigenvalue weighted by molar-refractivity contribution is 7.23. The van der Waals surface area contributed by atoms with Gasteiger partial charge in [0.15, 0.2) is 5.13 Å². The quantitative estimate of drug-likeness (QED) is 0.757. The molecule has 0 aliphatic heterocycles. The van der Waals surface area contributed by atoms with Gasteiger partial charge in [0.05, 0.1) is 21.1 Å². The lowest BCUT2D eigenvalue weighted by molar-refractivity contribution is 1.19. The molecular formula is C13H13N3S3. The van der Waals surface area contributed by atoms with Crippen molar-refractivity contribution in [2.24, 2.45) is 0 Å². The van der Waals surface area contributed by atoms with Crippen LogP contribution in [0.3, 0.4) is 0 Å². The van der Waals surface area contributed by atoms with Crippen LogP contribution in [-0.4, -0.2) is 16.5 Å². The van der Waals surface area contributed by atoms with E-state index in [0.717, 1.165) is 28.1 Å². The topological polar surface area (TPSA) is 37.8 Å². The molecule has 0 saturated carbocycles. The molecule has 3 rings (SSSR count). The molecule has 0 aliphatic rings. The molecule has 0 atom stereocenters. The summed E-state index contributed by atoms with van der Waals surface area (Å²) in [7, 11) is 0. The van der Waals surface area contributed by atoms with Gasteiger partial charge in [-0.1, -0.05) is 6.07 Å². The largest absolute Gasteiger partial charge is 0.362 e. The lowest BCUT2D eigenvalue weighted by atomic mass is 10.3. The van der Waals surface area contributed by atoms with Gasteiger partial charge < -0.3 is 5.32 Å². The zero-order valence-electron chi connectivity index (χ0n) is 10.6. The van der Waals surface area contributed by atoms with Crippen molar-refractivity contribution in [1.82, 2.24) is 9.97 Å². The van der Waals surface area contributed by atoms with Gasteiger partial charge in [0.2, 0.25) is 0 Å². The van der Waals surface area contributed by atoms with E-state index < -0.39 is 0 Å². The number of hydrogen-bond acceptors (Lipinski definition) is 6. The van der Waals surface area contributed by atoms with Crippen LogP contribution in [0.4, 0.5) is 5.13 Å². The third kappa shape index (κ3) is 2.56. The summed E-state index contributed by atoms with van der Waals surface area (Å²) in [6, 6.07) is 4.17. The zero-order valence-corrected chi connectivity index (χ0v) is 13.1. The Balaban J connectivity index is 1.96. The third-order valence-electron chi connectivity index (χ3n) is 2.59. The summed E-state index contributed by atoms with van der Waals surface area (Å²) in [5.41, 5.74) is 2.08. The van der Waals surface area contributed by atoms with Crippen molar-refractivity contribution in [2.45, 2.75) is 13.8 Å². The second-order valence-electron chi connectivity index (χ2n) is 3.98. The molecule has 98 valence electrons. The summed E-state index contributed by atoms with van der Waals surface area (Å²) in [5.74, 6) is 0. The maximum Gasteiger partial charge on any atom is 0.183 e. The normalized spacial score (nSPS) is 10.8. The van der Waals surface area contributed by atoms with E-state index in [9.17, 15) is 0 Å². The predicted octanol–water partition coefficient (Wildman–Crippen LogP) is 4.74. The van der Waals surface area contributed by atoms with E-state index >= 15 is 0 Å². The molecule has 0 aliphatic carbocycles. The van der Waals surface area contributed by atoms with E-state index in [0.29, 0.717) is 0 Å². The van der Waals surface area contributed by atoms with Gasteiger partial charge in [0, 0.05) is 11.9 Å². The number of hydrogen-bond donors (Lipinski definition) is 1. The number of anilines is 1. The fraction of sp³-hybridized carbons (Fsp3) is 0.231. The smallest absolute Gasteiger partial charge is 0.183 e. The molecule has 3 aromatic heterocycles. The van der Waals surface area contributed by atoms with Crippen LogP contribution in [0.1, 0.15) is 12.6 Å². The van der Waals surface area contributed by atoms with Crippen LogP contribution in [0.2, 0.25) is 0 Å². The molecule has 1 N–H and O–H groups in total. The van der Waals surface area contributed by atoms with Crippen molar-refractivity contribution in [3.05, 3.63) is 28.6 Å². The highest BCUT2D eigenvalue weighted by Gasteiger charge is 2.14. The van der Waals surface area contributed by atoms with Crippen molar-refractivity contribution in [3.63, 3.8) is 0 Å². The summed E-state index contributed by atoms with van der Waals surface area (Å²) in [6.07, 6.45) is 0. The Morgan fingerprint density at radius 1 is 1.26 bits per heavy atom. The molecule has 19 heavy (non-hydrogen) atoms. The van der Waals surface area contributed by atoms with Crippen LogP contribution in [0.15, 0.2) is 22.9 Å². The highest BCUT2D eigenvalue weighted by Crippen LogP contribution is 2.37.